The van der Waals surface area contributed by atoms with E-state index < -0.39 is 0 Å². The molecule has 0 unspecified atom stereocenters. The van der Waals surface area contributed by atoms with Crippen molar-refractivity contribution >= 4 is 27.5 Å². The van der Waals surface area contributed by atoms with Gasteiger partial charge in [-0.15, -0.1) is 5.10 Å². The van der Waals surface area contributed by atoms with Gasteiger partial charge in [0.2, 0.25) is 5.95 Å². The van der Waals surface area contributed by atoms with Gasteiger partial charge in [-0.3, -0.25) is 0 Å². The van der Waals surface area contributed by atoms with Crippen LogP contribution in [0.3, 0.4) is 0 Å². The molecule has 0 aliphatic heterocycles. The summed E-state index contributed by atoms with van der Waals surface area (Å²) in [5.41, 5.74) is 1.85. The lowest BCUT2D eigenvalue weighted by atomic mass is 10.1. The van der Waals surface area contributed by atoms with Crippen LogP contribution in [0.4, 0.5) is 10.3 Å². The maximum atomic E-state index is 12.8. The van der Waals surface area contributed by atoms with Gasteiger partial charge in [0.25, 0.3) is 0 Å². The second-order valence-electron chi connectivity index (χ2n) is 4.36. The molecule has 2 aromatic heterocycles. The Morgan fingerprint density at radius 3 is 2.75 bits per heavy atom. The van der Waals surface area contributed by atoms with E-state index in [1.54, 1.807) is 16.6 Å². The van der Waals surface area contributed by atoms with Crippen molar-refractivity contribution in [3.63, 3.8) is 0 Å². The van der Waals surface area contributed by atoms with Crippen LogP contribution in [0.5, 0.6) is 0 Å². The number of pyridine rings is 1. The normalized spacial score (nSPS) is 10.9. The summed E-state index contributed by atoms with van der Waals surface area (Å²) >= 11 is 3.44. The topological polar surface area (TPSA) is 42.2 Å². The second-order valence-corrected chi connectivity index (χ2v) is 5.22. The summed E-state index contributed by atoms with van der Waals surface area (Å²) < 4.78 is 15.4. The van der Waals surface area contributed by atoms with E-state index in [1.165, 1.54) is 12.1 Å². The number of hydrogen-bond acceptors (Lipinski definition) is 3. The van der Waals surface area contributed by atoms with E-state index in [4.69, 9.17) is 0 Å². The van der Waals surface area contributed by atoms with E-state index in [0.29, 0.717) is 12.5 Å². The molecule has 1 N–H and O–H groups in total. The lowest BCUT2D eigenvalue weighted by Crippen LogP contribution is -2.06. The number of rotatable bonds is 4. The summed E-state index contributed by atoms with van der Waals surface area (Å²) in [5, 5.41) is 7.49. The molecule has 1 aromatic carbocycles. The molecule has 0 radical (unpaired) electrons. The molecule has 4 nitrogen and oxygen atoms in total. The SMILES string of the molecule is Fc1ccc(CCNc2nc3c(Br)cccn3n2)cc1. The standard InChI is InChI=1S/C14H12BrFN4/c15-12-2-1-9-20-13(12)18-14(19-20)17-8-7-10-3-5-11(16)6-4-10/h1-6,9H,7-8H2,(H,17,19). The lowest BCUT2D eigenvalue weighted by molar-refractivity contribution is 0.627. The van der Waals surface area contributed by atoms with Crippen molar-refractivity contribution in [3.8, 4) is 0 Å². The zero-order valence-corrected chi connectivity index (χ0v) is 12.1. The van der Waals surface area contributed by atoms with E-state index in [9.17, 15) is 4.39 Å². The first kappa shape index (κ1) is 13.1. The number of halogens is 2. The van der Waals surface area contributed by atoms with Gasteiger partial charge in [-0.25, -0.2) is 8.91 Å². The third-order valence-corrected chi connectivity index (χ3v) is 3.54. The number of nitrogens with zero attached hydrogens (tertiary/aromatic N) is 3. The maximum absolute atomic E-state index is 12.8. The van der Waals surface area contributed by atoms with E-state index in [-0.39, 0.29) is 5.82 Å². The molecule has 0 aliphatic rings. The summed E-state index contributed by atoms with van der Waals surface area (Å²) in [4.78, 5) is 4.39. The van der Waals surface area contributed by atoms with Crippen LogP contribution < -0.4 is 5.32 Å². The second kappa shape index (κ2) is 5.58. The average molecular weight is 335 g/mol. The van der Waals surface area contributed by atoms with Crippen LogP contribution >= 0.6 is 15.9 Å². The Hall–Kier alpha value is -1.95. The molecule has 0 saturated heterocycles. The summed E-state index contributed by atoms with van der Waals surface area (Å²) in [6.45, 7) is 0.695. The Morgan fingerprint density at radius 2 is 2.00 bits per heavy atom. The molecule has 102 valence electrons. The smallest absolute Gasteiger partial charge is 0.243 e. The lowest BCUT2D eigenvalue weighted by Gasteiger charge is -2.01. The van der Waals surface area contributed by atoms with Crippen LogP contribution in [0.2, 0.25) is 0 Å². The zero-order chi connectivity index (χ0) is 13.9. The van der Waals surface area contributed by atoms with Crippen molar-refractivity contribution in [1.29, 1.82) is 0 Å². The molecule has 0 fully saturated rings. The number of fused-ring (bicyclic) bond motifs is 1. The van der Waals surface area contributed by atoms with Gasteiger partial charge in [0.1, 0.15) is 5.82 Å². The van der Waals surface area contributed by atoms with Crippen molar-refractivity contribution in [2.75, 3.05) is 11.9 Å². The zero-order valence-electron chi connectivity index (χ0n) is 10.6. The van der Waals surface area contributed by atoms with Gasteiger partial charge in [0, 0.05) is 12.7 Å². The highest BCUT2D eigenvalue weighted by Gasteiger charge is 2.05. The molecule has 0 bridgehead atoms. The average Bonchev–Trinajstić information content (AvgIpc) is 2.85. The summed E-state index contributed by atoms with van der Waals surface area (Å²) in [5.74, 6) is 0.368. The minimum absolute atomic E-state index is 0.214. The van der Waals surface area contributed by atoms with Crippen LogP contribution in [0.15, 0.2) is 47.1 Å². The predicted molar refractivity (Wildman–Crippen MR) is 79.3 cm³/mol. The fraction of sp³-hybridized carbons (Fsp3) is 0.143. The molecular weight excluding hydrogens is 323 g/mol. The van der Waals surface area contributed by atoms with Gasteiger partial charge < -0.3 is 5.32 Å². The molecule has 0 saturated carbocycles. The number of aromatic nitrogens is 3. The fourth-order valence-corrected chi connectivity index (χ4v) is 2.34. The molecule has 6 heteroatoms. The van der Waals surface area contributed by atoms with Gasteiger partial charge in [0.05, 0.1) is 4.47 Å². The Morgan fingerprint density at radius 1 is 1.20 bits per heavy atom. The molecule has 3 rings (SSSR count). The number of hydrogen-bond donors (Lipinski definition) is 1. The highest BCUT2D eigenvalue weighted by Crippen LogP contribution is 2.16. The Bertz CT molecular complexity index is 724. The van der Waals surface area contributed by atoms with Gasteiger partial charge >= 0.3 is 0 Å². The molecule has 3 aromatic rings. The summed E-state index contributed by atoms with van der Waals surface area (Å²) in [6, 6.07) is 10.3. The summed E-state index contributed by atoms with van der Waals surface area (Å²) in [6.07, 6.45) is 2.63. The number of benzene rings is 1. The minimum atomic E-state index is -0.214. The molecular formula is C14H12BrFN4. The monoisotopic (exact) mass is 334 g/mol. The van der Waals surface area contributed by atoms with Crippen molar-refractivity contribution < 1.29 is 4.39 Å². The van der Waals surface area contributed by atoms with E-state index in [2.05, 4.69) is 31.3 Å². The molecule has 20 heavy (non-hydrogen) atoms. The first-order valence-corrected chi connectivity index (χ1v) is 7.01. The Kier molecular flexibility index (Phi) is 3.64. The predicted octanol–water partition coefficient (Wildman–Crippen LogP) is 3.29. The van der Waals surface area contributed by atoms with Crippen molar-refractivity contribution in [2.45, 2.75) is 6.42 Å². The van der Waals surface area contributed by atoms with Crippen LogP contribution in [0.25, 0.3) is 5.65 Å². The Labute approximate surface area is 123 Å². The highest BCUT2D eigenvalue weighted by atomic mass is 79.9. The quantitative estimate of drug-likeness (QED) is 0.796. The molecule has 0 amide bonds. The molecule has 0 atom stereocenters. The van der Waals surface area contributed by atoms with Crippen LogP contribution in [0.1, 0.15) is 5.56 Å². The fourth-order valence-electron chi connectivity index (χ4n) is 1.92. The maximum Gasteiger partial charge on any atom is 0.243 e. The Balaban J connectivity index is 1.65. The molecule has 2 heterocycles. The first-order valence-electron chi connectivity index (χ1n) is 6.21. The third kappa shape index (κ3) is 2.80. The van der Waals surface area contributed by atoms with Gasteiger partial charge in [0.15, 0.2) is 5.65 Å². The van der Waals surface area contributed by atoms with Crippen molar-refractivity contribution in [3.05, 3.63) is 58.4 Å². The molecule has 0 spiro atoms. The first-order chi connectivity index (χ1) is 9.72. The van der Waals surface area contributed by atoms with Crippen molar-refractivity contribution in [2.24, 2.45) is 0 Å². The third-order valence-electron chi connectivity index (χ3n) is 2.92. The van der Waals surface area contributed by atoms with Crippen LogP contribution in [-0.4, -0.2) is 21.1 Å². The minimum Gasteiger partial charge on any atom is -0.353 e. The van der Waals surface area contributed by atoms with Gasteiger partial charge in [-0.05, 0) is 52.2 Å². The van der Waals surface area contributed by atoms with E-state index in [0.717, 1.165) is 22.1 Å². The number of nitrogens with one attached hydrogen (secondary N) is 1. The highest BCUT2D eigenvalue weighted by molar-refractivity contribution is 9.10. The van der Waals surface area contributed by atoms with Gasteiger partial charge in [-0.2, -0.15) is 4.98 Å². The number of anilines is 1. The van der Waals surface area contributed by atoms with Gasteiger partial charge in [-0.1, -0.05) is 12.1 Å². The van der Waals surface area contributed by atoms with Crippen molar-refractivity contribution in [1.82, 2.24) is 14.6 Å². The largest absolute Gasteiger partial charge is 0.353 e. The molecule has 0 aliphatic carbocycles. The van der Waals surface area contributed by atoms with E-state index >= 15 is 0 Å². The van der Waals surface area contributed by atoms with E-state index in [1.807, 2.05) is 18.3 Å². The summed E-state index contributed by atoms with van der Waals surface area (Å²) in [7, 11) is 0. The van der Waals surface area contributed by atoms with Crippen LogP contribution in [-0.2, 0) is 6.42 Å². The van der Waals surface area contributed by atoms with Crippen LogP contribution in [0, 0.1) is 5.82 Å².